The molecule has 0 saturated carbocycles. The van der Waals surface area contributed by atoms with Gasteiger partial charge in [-0.3, -0.25) is 4.79 Å². The smallest absolute Gasteiger partial charge is 0.228 e. The Bertz CT molecular complexity index is 701. The molecule has 1 heterocycles. The molecule has 0 radical (unpaired) electrons. The zero-order chi connectivity index (χ0) is 14.8. The summed E-state index contributed by atoms with van der Waals surface area (Å²) in [5.41, 5.74) is 1.89. The first-order chi connectivity index (χ1) is 10.1. The van der Waals surface area contributed by atoms with Crippen molar-refractivity contribution in [2.75, 3.05) is 11.9 Å². The minimum absolute atomic E-state index is 0.0223. The minimum Gasteiger partial charge on any atom is -0.493 e. The molecular weight excluding hydrogens is 276 g/mol. The number of hydrogen-bond donors (Lipinski definition) is 1. The molecule has 0 bridgehead atoms. The highest BCUT2D eigenvalue weighted by molar-refractivity contribution is 5.92. The predicted octanol–water partition coefficient (Wildman–Crippen LogP) is 3.08. The first-order valence-corrected chi connectivity index (χ1v) is 6.61. The van der Waals surface area contributed by atoms with Gasteiger partial charge in [0.2, 0.25) is 5.91 Å². The highest BCUT2D eigenvalue weighted by Gasteiger charge is 2.14. The summed E-state index contributed by atoms with van der Waals surface area (Å²) >= 11 is 0. The summed E-state index contributed by atoms with van der Waals surface area (Å²) in [7, 11) is 0. The van der Waals surface area contributed by atoms with Crippen LogP contribution in [0.1, 0.15) is 11.1 Å². The monoisotopic (exact) mass is 289 g/mol. The molecular formula is C16H13F2NO2. The molecule has 0 aromatic heterocycles. The average molecular weight is 289 g/mol. The Hall–Kier alpha value is -2.43. The molecule has 1 aliphatic heterocycles. The third kappa shape index (κ3) is 3.02. The van der Waals surface area contributed by atoms with Crippen molar-refractivity contribution in [3.05, 3.63) is 59.2 Å². The molecule has 2 aromatic carbocycles. The molecule has 21 heavy (non-hydrogen) atoms. The Morgan fingerprint density at radius 2 is 2.05 bits per heavy atom. The van der Waals surface area contributed by atoms with Crippen LogP contribution >= 0.6 is 0 Å². The number of carbonyl (C=O) groups is 1. The molecule has 0 spiro atoms. The number of amides is 1. The largest absolute Gasteiger partial charge is 0.493 e. The van der Waals surface area contributed by atoms with Crippen molar-refractivity contribution in [3.63, 3.8) is 0 Å². The third-order valence-electron chi connectivity index (χ3n) is 3.32. The SMILES string of the molecule is O=C(Cc1ccc2c(c1)CCO2)Nc1ccc(F)cc1F. The summed E-state index contributed by atoms with van der Waals surface area (Å²) in [5.74, 6) is -0.960. The molecule has 0 unspecified atom stereocenters. The van der Waals surface area contributed by atoms with Gasteiger partial charge in [0, 0.05) is 12.5 Å². The Labute approximate surface area is 120 Å². The van der Waals surface area contributed by atoms with Gasteiger partial charge < -0.3 is 10.1 Å². The van der Waals surface area contributed by atoms with Gasteiger partial charge in [0.25, 0.3) is 0 Å². The van der Waals surface area contributed by atoms with Crippen molar-refractivity contribution in [2.45, 2.75) is 12.8 Å². The maximum atomic E-state index is 13.5. The fourth-order valence-electron chi connectivity index (χ4n) is 2.32. The molecule has 0 atom stereocenters. The second kappa shape index (κ2) is 5.52. The molecule has 0 fully saturated rings. The zero-order valence-corrected chi connectivity index (χ0v) is 11.2. The van der Waals surface area contributed by atoms with E-state index in [4.69, 9.17) is 4.74 Å². The van der Waals surface area contributed by atoms with E-state index in [1.165, 1.54) is 6.07 Å². The summed E-state index contributed by atoms with van der Waals surface area (Å²) in [5, 5.41) is 2.44. The van der Waals surface area contributed by atoms with E-state index in [1.54, 1.807) is 0 Å². The fraction of sp³-hybridized carbons (Fsp3) is 0.188. The van der Waals surface area contributed by atoms with Crippen LogP contribution in [0.5, 0.6) is 5.75 Å². The van der Waals surface area contributed by atoms with Crippen molar-refractivity contribution in [3.8, 4) is 5.75 Å². The van der Waals surface area contributed by atoms with Crippen molar-refractivity contribution >= 4 is 11.6 Å². The van der Waals surface area contributed by atoms with Gasteiger partial charge in [-0.15, -0.1) is 0 Å². The second-order valence-corrected chi connectivity index (χ2v) is 4.89. The standard InChI is InChI=1S/C16H13F2NO2/c17-12-2-3-14(13(18)9-12)19-16(20)8-10-1-4-15-11(7-10)5-6-21-15/h1-4,7,9H,5-6,8H2,(H,19,20). The number of halogens is 2. The van der Waals surface area contributed by atoms with Crippen LogP contribution in [0.4, 0.5) is 14.5 Å². The fourth-order valence-corrected chi connectivity index (χ4v) is 2.32. The molecule has 0 saturated heterocycles. The van der Waals surface area contributed by atoms with Crippen LogP contribution < -0.4 is 10.1 Å². The van der Waals surface area contributed by atoms with Gasteiger partial charge in [-0.1, -0.05) is 12.1 Å². The van der Waals surface area contributed by atoms with Crippen LogP contribution in [0.3, 0.4) is 0 Å². The molecule has 108 valence electrons. The maximum absolute atomic E-state index is 13.5. The van der Waals surface area contributed by atoms with Crippen molar-refractivity contribution in [1.82, 2.24) is 0 Å². The van der Waals surface area contributed by atoms with Gasteiger partial charge >= 0.3 is 0 Å². The lowest BCUT2D eigenvalue weighted by molar-refractivity contribution is -0.115. The Kier molecular flexibility index (Phi) is 3.56. The molecule has 1 N–H and O–H groups in total. The van der Waals surface area contributed by atoms with E-state index < -0.39 is 11.6 Å². The number of anilines is 1. The van der Waals surface area contributed by atoms with E-state index in [0.717, 1.165) is 35.4 Å². The molecule has 0 aliphatic carbocycles. The normalized spacial score (nSPS) is 12.7. The van der Waals surface area contributed by atoms with E-state index in [0.29, 0.717) is 6.61 Å². The van der Waals surface area contributed by atoms with Gasteiger partial charge in [-0.2, -0.15) is 0 Å². The molecule has 1 aliphatic rings. The summed E-state index contributed by atoms with van der Waals surface area (Å²) in [6, 6.07) is 8.62. The number of benzene rings is 2. The maximum Gasteiger partial charge on any atom is 0.228 e. The first-order valence-electron chi connectivity index (χ1n) is 6.61. The molecule has 3 rings (SSSR count). The van der Waals surface area contributed by atoms with Crippen molar-refractivity contribution in [2.24, 2.45) is 0 Å². The quantitative estimate of drug-likeness (QED) is 0.943. The lowest BCUT2D eigenvalue weighted by Crippen LogP contribution is -2.15. The Morgan fingerprint density at radius 1 is 1.19 bits per heavy atom. The van der Waals surface area contributed by atoms with E-state index in [2.05, 4.69) is 5.32 Å². The molecule has 5 heteroatoms. The molecule has 3 nitrogen and oxygen atoms in total. The van der Waals surface area contributed by atoms with Crippen LogP contribution in [0.15, 0.2) is 36.4 Å². The number of ether oxygens (including phenoxy) is 1. The van der Waals surface area contributed by atoms with Crippen LogP contribution in [0.25, 0.3) is 0 Å². The van der Waals surface area contributed by atoms with Crippen molar-refractivity contribution < 1.29 is 18.3 Å². The summed E-state index contributed by atoms with van der Waals surface area (Å²) < 4.78 is 31.6. The predicted molar refractivity (Wildman–Crippen MR) is 74.3 cm³/mol. The number of rotatable bonds is 3. The Morgan fingerprint density at radius 3 is 2.86 bits per heavy atom. The zero-order valence-electron chi connectivity index (χ0n) is 11.2. The minimum atomic E-state index is -0.786. The van der Waals surface area contributed by atoms with E-state index in [9.17, 15) is 13.6 Å². The number of nitrogens with one attached hydrogen (secondary N) is 1. The summed E-state index contributed by atoms with van der Waals surface area (Å²) in [6.45, 7) is 0.659. The van der Waals surface area contributed by atoms with Crippen LogP contribution in [0, 0.1) is 11.6 Å². The average Bonchev–Trinajstić information content (AvgIpc) is 2.89. The second-order valence-electron chi connectivity index (χ2n) is 4.89. The lowest BCUT2D eigenvalue weighted by Gasteiger charge is -2.07. The topological polar surface area (TPSA) is 38.3 Å². The summed E-state index contributed by atoms with van der Waals surface area (Å²) in [6.07, 6.45) is 0.960. The van der Waals surface area contributed by atoms with Gasteiger partial charge in [0.1, 0.15) is 17.4 Å². The summed E-state index contributed by atoms with van der Waals surface area (Å²) in [4.78, 5) is 11.9. The van der Waals surface area contributed by atoms with E-state index >= 15 is 0 Å². The van der Waals surface area contributed by atoms with Crippen molar-refractivity contribution in [1.29, 1.82) is 0 Å². The first kappa shape index (κ1) is 13.5. The molecule has 2 aromatic rings. The van der Waals surface area contributed by atoms with Gasteiger partial charge in [0.15, 0.2) is 0 Å². The van der Waals surface area contributed by atoms with E-state index in [1.807, 2.05) is 18.2 Å². The van der Waals surface area contributed by atoms with Gasteiger partial charge in [-0.05, 0) is 29.3 Å². The number of hydrogen-bond acceptors (Lipinski definition) is 2. The van der Waals surface area contributed by atoms with Gasteiger partial charge in [-0.25, -0.2) is 8.78 Å². The van der Waals surface area contributed by atoms with Crippen LogP contribution in [-0.4, -0.2) is 12.5 Å². The Balaban J connectivity index is 1.69. The van der Waals surface area contributed by atoms with E-state index in [-0.39, 0.29) is 18.0 Å². The number of carbonyl (C=O) groups excluding carboxylic acids is 1. The van der Waals surface area contributed by atoms with Crippen LogP contribution in [0.2, 0.25) is 0 Å². The highest BCUT2D eigenvalue weighted by Crippen LogP contribution is 2.26. The van der Waals surface area contributed by atoms with Crippen LogP contribution in [-0.2, 0) is 17.6 Å². The van der Waals surface area contributed by atoms with Gasteiger partial charge in [0.05, 0.1) is 18.7 Å². The third-order valence-corrected chi connectivity index (χ3v) is 3.32. The lowest BCUT2D eigenvalue weighted by atomic mass is 10.1. The number of fused-ring (bicyclic) bond motifs is 1. The highest BCUT2D eigenvalue weighted by atomic mass is 19.1. The molecule has 1 amide bonds.